The molecule has 2 heterocycles. The van der Waals surface area contributed by atoms with Crippen LogP contribution in [0, 0.1) is 0 Å². The van der Waals surface area contributed by atoms with Gasteiger partial charge in [0.2, 0.25) is 0 Å². The molecule has 2 aliphatic heterocycles. The second kappa shape index (κ2) is 4.23. The van der Waals surface area contributed by atoms with Crippen molar-refractivity contribution in [2.24, 2.45) is 0 Å². The average molecular weight is 232 g/mol. The van der Waals surface area contributed by atoms with Crippen molar-refractivity contribution in [1.82, 2.24) is 0 Å². The second-order valence-corrected chi connectivity index (χ2v) is 4.71. The van der Waals surface area contributed by atoms with Crippen molar-refractivity contribution < 1.29 is 23.7 Å². The number of hydrogen-bond donors (Lipinski definition) is 0. The molecule has 0 N–H and O–H groups in total. The van der Waals surface area contributed by atoms with Gasteiger partial charge >= 0.3 is 0 Å². The van der Waals surface area contributed by atoms with Crippen molar-refractivity contribution in [2.45, 2.75) is 57.3 Å². The molecular formula is C11H20O5. The topological polar surface area (TPSA) is 46.2 Å². The van der Waals surface area contributed by atoms with E-state index in [0.717, 1.165) is 0 Å². The Balaban J connectivity index is 2.19. The predicted octanol–water partition coefficient (Wildman–Crippen LogP) is 0.913. The summed E-state index contributed by atoms with van der Waals surface area (Å²) in [6, 6.07) is 0. The van der Waals surface area contributed by atoms with E-state index in [9.17, 15) is 0 Å². The van der Waals surface area contributed by atoms with Gasteiger partial charge in [-0.1, -0.05) is 0 Å². The Kier molecular flexibility index (Phi) is 3.25. The lowest BCUT2D eigenvalue weighted by Gasteiger charge is -2.39. The molecule has 5 heteroatoms. The maximum absolute atomic E-state index is 5.85. The van der Waals surface area contributed by atoms with Crippen LogP contribution >= 0.6 is 0 Å². The first kappa shape index (κ1) is 12.3. The van der Waals surface area contributed by atoms with Gasteiger partial charge in [0.1, 0.15) is 18.3 Å². The monoisotopic (exact) mass is 232 g/mol. The summed E-state index contributed by atoms with van der Waals surface area (Å²) < 4.78 is 28.0. The van der Waals surface area contributed by atoms with Crippen LogP contribution in [0.2, 0.25) is 0 Å². The zero-order valence-electron chi connectivity index (χ0n) is 10.4. The largest absolute Gasteiger partial charge is 0.373 e. The average Bonchev–Trinajstić information content (AvgIpc) is 2.54. The number of methoxy groups -OCH3 is 2. The summed E-state index contributed by atoms with van der Waals surface area (Å²) in [7, 11) is 3.23. The molecule has 2 aliphatic rings. The molecule has 0 bridgehead atoms. The standard InChI is InChI=1S/C11H20O5/c1-6-7-8(16-11(2,3)15-7)9(12-4)10(13-5)14-6/h6-10H,1-5H3. The van der Waals surface area contributed by atoms with Crippen molar-refractivity contribution in [3.05, 3.63) is 0 Å². The van der Waals surface area contributed by atoms with E-state index in [4.69, 9.17) is 23.7 Å². The highest BCUT2D eigenvalue weighted by Gasteiger charge is 2.54. The molecule has 5 unspecified atom stereocenters. The highest BCUT2D eigenvalue weighted by atomic mass is 16.8. The molecule has 2 rings (SSSR count). The lowest BCUT2D eigenvalue weighted by Crippen LogP contribution is -2.56. The third-order valence-electron chi connectivity index (χ3n) is 3.07. The zero-order valence-corrected chi connectivity index (χ0v) is 10.4. The van der Waals surface area contributed by atoms with Gasteiger partial charge in [0.15, 0.2) is 12.1 Å². The third-order valence-corrected chi connectivity index (χ3v) is 3.07. The summed E-state index contributed by atoms with van der Waals surface area (Å²) in [6.07, 6.45) is -0.977. The Morgan fingerprint density at radius 3 is 2.19 bits per heavy atom. The van der Waals surface area contributed by atoms with Crippen LogP contribution in [0.15, 0.2) is 0 Å². The van der Waals surface area contributed by atoms with Gasteiger partial charge in [0, 0.05) is 14.2 Å². The minimum atomic E-state index is -0.591. The molecule has 0 spiro atoms. The first-order chi connectivity index (χ1) is 7.48. The molecule has 0 saturated carbocycles. The number of fused-ring (bicyclic) bond motifs is 1. The van der Waals surface area contributed by atoms with Crippen LogP contribution in [-0.4, -0.2) is 50.7 Å². The minimum Gasteiger partial charge on any atom is -0.373 e. The molecule has 0 aromatic rings. The number of rotatable bonds is 2. The Hall–Kier alpha value is -0.200. The van der Waals surface area contributed by atoms with Gasteiger partial charge in [-0.15, -0.1) is 0 Å². The van der Waals surface area contributed by atoms with E-state index >= 15 is 0 Å². The van der Waals surface area contributed by atoms with Crippen LogP contribution in [0.25, 0.3) is 0 Å². The van der Waals surface area contributed by atoms with E-state index < -0.39 is 12.1 Å². The van der Waals surface area contributed by atoms with E-state index in [-0.39, 0.29) is 24.4 Å². The summed E-state index contributed by atoms with van der Waals surface area (Å²) in [5.41, 5.74) is 0. The van der Waals surface area contributed by atoms with E-state index in [2.05, 4.69) is 0 Å². The van der Waals surface area contributed by atoms with E-state index in [1.165, 1.54) is 0 Å². The molecule has 16 heavy (non-hydrogen) atoms. The highest BCUT2D eigenvalue weighted by Crippen LogP contribution is 2.38. The Bertz CT molecular complexity index is 255. The number of hydrogen-bond acceptors (Lipinski definition) is 5. The van der Waals surface area contributed by atoms with Crippen molar-refractivity contribution in [3.63, 3.8) is 0 Å². The van der Waals surface area contributed by atoms with Gasteiger partial charge in [-0.3, -0.25) is 0 Å². The van der Waals surface area contributed by atoms with E-state index in [1.54, 1.807) is 14.2 Å². The number of ether oxygens (including phenoxy) is 5. The first-order valence-electron chi connectivity index (χ1n) is 5.55. The zero-order chi connectivity index (χ0) is 11.9. The molecule has 5 nitrogen and oxygen atoms in total. The van der Waals surface area contributed by atoms with Gasteiger partial charge in [-0.25, -0.2) is 0 Å². The van der Waals surface area contributed by atoms with Crippen LogP contribution in [0.4, 0.5) is 0 Å². The SMILES string of the molecule is COC1OC(C)C2OC(C)(C)OC2C1OC. The Labute approximate surface area is 95.9 Å². The molecule has 94 valence electrons. The normalized spacial score (nSPS) is 46.7. The molecular weight excluding hydrogens is 212 g/mol. The maximum atomic E-state index is 5.85. The van der Waals surface area contributed by atoms with Crippen LogP contribution in [0.1, 0.15) is 20.8 Å². The van der Waals surface area contributed by atoms with Crippen LogP contribution in [-0.2, 0) is 23.7 Å². The summed E-state index contributed by atoms with van der Waals surface area (Å²) in [5, 5.41) is 0. The predicted molar refractivity (Wildman–Crippen MR) is 56.0 cm³/mol. The van der Waals surface area contributed by atoms with Crippen molar-refractivity contribution in [3.8, 4) is 0 Å². The van der Waals surface area contributed by atoms with Gasteiger partial charge in [0.25, 0.3) is 0 Å². The Morgan fingerprint density at radius 2 is 1.62 bits per heavy atom. The molecule has 0 radical (unpaired) electrons. The second-order valence-electron chi connectivity index (χ2n) is 4.71. The van der Waals surface area contributed by atoms with Crippen LogP contribution < -0.4 is 0 Å². The fraction of sp³-hybridized carbons (Fsp3) is 1.00. The molecule has 2 saturated heterocycles. The molecule has 0 aromatic carbocycles. The van der Waals surface area contributed by atoms with E-state index in [0.29, 0.717) is 0 Å². The van der Waals surface area contributed by atoms with E-state index in [1.807, 2.05) is 20.8 Å². The minimum absolute atomic E-state index is 0.0666. The van der Waals surface area contributed by atoms with Gasteiger partial charge in [-0.05, 0) is 20.8 Å². The Morgan fingerprint density at radius 1 is 1.00 bits per heavy atom. The van der Waals surface area contributed by atoms with Gasteiger partial charge in [-0.2, -0.15) is 0 Å². The third kappa shape index (κ3) is 1.98. The van der Waals surface area contributed by atoms with Crippen molar-refractivity contribution in [1.29, 1.82) is 0 Å². The summed E-state index contributed by atoms with van der Waals surface area (Å²) >= 11 is 0. The molecule has 0 aromatic heterocycles. The van der Waals surface area contributed by atoms with Crippen molar-refractivity contribution >= 4 is 0 Å². The van der Waals surface area contributed by atoms with Crippen LogP contribution in [0.5, 0.6) is 0 Å². The molecule has 0 amide bonds. The summed E-state index contributed by atoms with van der Waals surface area (Å²) in [6.45, 7) is 5.75. The fourth-order valence-electron chi connectivity index (χ4n) is 2.39. The lowest BCUT2D eigenvalue weighted by molar-refractivity contribution is -0.271. The quantitative estimate of drug-likeness (QED) is 0.708. The van der Waals surface area contributed by atoms with Gasteiger partial charge in [0.05, 0.1) is 6.10 Å². The summed E-state index contributed by atoms with van der Waals surface area (Å²) in [5.74, 6) is -0.591. The van der Waals surface area contributed by atoms with Crippen molar-refractivity contribution in [2.75, 3.05) is 14.2 Å². The van der Waals surface area contributed by atoms with Gasteiger partial charge < -0.3 is 23.7 Å². The van der Waals surface area contributed by atoms with Crippen LogP contribution in [0.3, 0.4) is 0 Å². The highest BCUT2D eigenvalue weighted by molar-refractivity contribution is 4.95. The lowest BCUT2D eigenvalue weighted by atomic mass is 10.00. The first-order valence-corrected chi connectivity index (χ1v) is 5.55. The molecule has 2 fully saturated rings. The smallest absolute Gasteiger partial charge is 0.186 e. The molecule has 0 aliphatic carbocycles. The maximum Gasteiger partial charge on any atom is 0.186 e. The summed E-state index contributed by atoms with van der Waals surface area (Å²) in [4.78, 5) is 0. The molecule has 5 atom stereocenters. The fourth-order valence-corrected chi connectivity index (χ4v) is 2.39.